The summed E-state index contributed by atoms with van der Waals surface area (Å²) in [6, 6.07) is 5.71. The SMILES string of the molecule is CCc1nn(C)c(CC(N)c2ccc(Br)c(Cl)c2)c1Br. The molecule has 0 amide bonds. The van der Waals surface area contributed by atoms with Crippen molar-refractivity contribution in [3.63, 3.8) is 0 Å². The summed E-state index contributed by atoms with van der Waals surface area (Å²) in [7, 11) is 1.94. The van der Waals surface area contributed by atoms with Crippen molar-refractivity contribution >= 4 is 43.5 Å². The van der Waals surface area contributed by atoms with E-state index in [9.17, 15) is 0 Å². The van der Waals surface area contributed by atoms with E-state index in [2.05, 4.69) is 43.9 Å². The summed E-state index contributed by atoms with van der Waals surface area (Å²) < 4.78 is 3.83. The van der Waals surface area contributed by atoms with Gasteiger partial charge in [-0.1, -0.05) is 24.6 Å². The van der Waals surface area contributed by atoms with Gasteiger partial charge in [0, 0.05) is 24.0 Å². The first-order valence-corrected chi connectivity index (χ1v) is 8.31. The number of hydrogen-bond donors (Lipinski definition) is 1. The van der Waals surface area contributed by atoms with Gasteiger partial charge in [-0.2, -0.15) is 5.10 Å². The fraction of sp³-hybridized carbons (Fsp3) is 0.357. The molecule has 1 aromatic heterocycles. The number of nitrogens with zero attached hydrogens (tertiary/aromatic N) is 2. The Hall–Kier alpha value is -0.360. The summed E-state index contributed by atoms with van der Waals surface area (Å²) in [4.78, 5) is 0. The van der Waals surface area contributed by atoms with E-state index in [1.165, 1.54) is 0 Å². The molecular formula is C14H16Br2ClN3. The van der Waals surface area contributed by atoms with E-state index < -0.39 is 0 Å². The number of benzene rings is 1. The van der Waals surface area contributed by atoms with Crippen molar-refractivity contribution < 1.29 is 0 Å². The highest BCUT2D eigenvalue weighted by Crippen LogP contribution is 2.29. The van der Waals surface area contributed by atoms with Crippen LogP contribution in [0.3, 0.4) is 0 Å². The van der Waals surface area contributed by atoms with Gasteiger partial charge in [-0.3, -0.25) is 4.68 Å². The maximum Gasteiger partial charge on any atom is 0.0766 e. The number of hydrogen-bond acceptors (Lipinski definition) is 2. The number of nitrogens with two attached hydrogens (primary N) is 1. The Balaban J connectivity index is 2.25. The van der Waals surface area contributed by atoms with Crippen LogP contribution in [0.4, 0.5) is 0 Å². The molecule has 0 aliphatic heterocycles. The van der Waals surface area contributed by atoms with E-state index in [-0.39, 0.29) is 6.04 Å². The molecule has 1 unspecified atom stereocenters. The van der Waals surface area contributed by atoms with E-state index >= 15 is 0 Å². The zero-order chi connectivity index (χ0) is 14.9. The lowest BCUT2D eigenvalue weighted by atomic mass is 10.0. The molecule has 0 saturated heterocycles. The minimum absolute atomic E-state index is 0.114. The molecule has 0 saturated carbocycles. The van der Waals surface area contributed by atoms with Crippen LogP contribution < -0.4 is 5.73 Å². The van der Waals surface area contributed by atoms with Gasteiger partial charge < -0.3 is 5.73 Å². The molecule has 1 atom stereocenters. The first kappa shape index (κ1) is 16.0. The van der Waals surface area contributed by atoms with Gasteiger partial charge in [0.15, 0.2) is 0 Å². The van der Waals surface area contributed by atoms with Gasteiger partial charge in [0.25, 0.3) is 0 Å². The maximum absolute atomic E-state index is 6.30. The van der Waals surface area contributed by atoms with E-state index in [1.807, 2.05) is 29.9 Å². The Morgan fingerprint density at radius 1 is 1.40 bits per heavy atom. The van der Waals surface area contributed by atoms with Crippen molar-refractivity contribution in [2.75, 3.05) is 0 Å². The molecule has 0 radical (unpaired) electrons. The van der Waals surface area contributed by atoms with Crippen LogP contribution >= 0.6 is 43.5 Å². The quantitative estimate of drug-likeness (QED) is 0.795. The minimum Gasteiger partial charge on any atom is -0.324 e. The lowest BCUT2D eigenvalue weighted by Crippen LogP contribution is -2.15. The lowest BCUT2D eigenvalue weighted by molar-refractivity contribution is 0.637. The van der Waals surface area contributed by atoms with Gasteiger partial charge in [0.05, 0.1) is 20.9 Å². The highest BCUT2D eigenvalue weighted by molar-refractivity contribution is 9.10. The van der Waals surface area contributed by atoms with Crippen LogP contribution in [-0.2, 0) is 19.9 Å². The molecule has 0 fully saturated rings. The van der Waals surface area contributed by atoms with E-state index in [0.717, 1.165) is 32.3 Å². The summed E-state index contributed by atoms with van der Waals surface area (Å²) in [5, 5.41) is 5.16. The molecule has 20 heavy (non-hydrogen) atoms. The second kappa shape index (κ2) is 6.60. The van der Waals surface area contributed by atoms with Gasteiger partial charge in [-0.25, -0.2) is 0 Å². The monoisotopic (exact) mass is 419 g/mol. The van der Waals surface area contributed by atoms with Gasteiger partial charge in [0.1, 0.15) is 0 Å². The fourth-order valence-electron chi connectivity index (χ4n) is 2.11. The molecule has 2 N–H and O–H groups in total. The van der Waals surface area contributed by atoms with E-state index in [0.29, 0.717) is 11.4 Å². The molecule has 0 aliphatic carbocycles. The second-order valence-electron chi connectivity index (χ2n) is 4.67. The largest absolute Gasteiger partial charge is 0.324 e. The first-order chi connectivity index (χ1) is 9.43. The van der Waals surface area contributed by atoms with Crippen LogP contribution in [0, 0.1) is 0 Å². The Morgan fingerprint density at radius 3 is 2.65 bits per heavy atom. The van der Waals surface area contributed by atoms with E-state index in [1.54, 1.807) is 0 Å². The summed E-state index contributed by atoms with van der Waals surface area (Å²) >= 11 is 13.1. The number of aromatic nitrogens is 2. The Morgan fingerprint density at radius 2 is 2.10 bits per heavy atom. The number of halogens is 3. The molecule has 2 rings (SSSR count). The maximum atomic E-state index is 6.30. The third-order valence-corrected chi connectivity index (χ3v) is 5.44. The van der Waals surface area contributed by atoms with Crippen LogP contribution in [0.25, 0.3) is 0 Å². The summed E-state index contributed by atoms with van der Waals surface area (Å²) in [6.45, 7) is 2.09. The fourth-order valence-corrected chi connectivity index (χ4v) is 3.32. The zero-order valence-electron chi connectivity index (χ0n) is 11.3. The van der Waals surface area contributed by atoms with Gasteiger partial charge in [-0.05, 0) is 56.0 Å². The van der Waals surface area contributed by atoms with Crippen LogP contribution in [0.15, 0.2) is 27.1 Å². The van der Waals surface area contributed by atoms with Crippen molar-refractivity contribution in [3.8, 4) is 0 Å². The first-order valence-electron chi connectivity index (χ1n) is 6.34. The van der Waals surface area contributed by atoms with Crippen molar-refractivity contribution in [1.29, 1.82) is 0 Å². The van der Waals surface area contributed by atoms with Gasteiger partial charge in [-0.15, -0.1) is 0 Å². The molecule has 1 aromatic carbocycles. The van der Waals surface area contributed by atoms with Crippen LogP contribution in [0.1, 0.15) is 29.9 Å². The van der Waals surface area contributed by atoms with Crippen LogP contribution in [0.2, 0.25) is 5.02 Å². The highest BCUT2D eigenvalue weighted by Gasteiger charge is 2.17. The normalized spacial score (nSPS) is 12.7. The molecule has 0 bridgehead atoms. The summed E-state index contributed by atoms with van der Waals surface area (Å²) in [5.41, 5.74) is 9.48. The minimum atomic E-state index is -0.114. The molecular weight excluding hydrogens is 405 g/mol. The topological polar surface area (TPSA) is 43.8 Å². The summed E-state index contributed by atoms with van der Waals surface area (Å²) in [6.07, 6.45) is 1.61. The molecule has 0 spiro atoms. The summed E-state index contributed by atoms with van der Waals surface area (Å²) in [5.74, 6) is 0. The third kappa shape index (κ3) is 3.27. The third-order valence-electron chi connectivity index (χ3n) is 3.29. The molecule has 3 nitrogen and oxygen atoms in total. The van der Waals surface area contributed by atoms with Gasteiger partial charge >= 0.3 is 0 Å². The number of rotatable bonds is 4. The van der Waals surface area contributed by atoms with Crippen molar-refractivity contribution in [1.82, 2.24) is 9.78 Å². The van der Waals surface area contributed by atoms with Gasteiger partial charge in [0.2, 0.25) is 0 Å². The molecule has 2 aromatic rings. The Labute approximate surface area is 140 Å². The van der Waals surface area contributed by atoms with Crippen molar-refractivity contribution in [3.05, 3.63) is 49.1 Å². The Bertz CT molecular complexity index is 625. The predicted octanol–water partition coefficient (Wildman–Crippen LogP) is 4.40. The predicted molar refractivity (Wildman–Crippen MR) is 90.1 cm³/mol. The second-order valence-corrected chi connectivity index (χ2v) is 6.72. The molecule has 6 heteroatoms. The zero-order valence-corrected chi connectivity index (χ0v) is 15.3. The lowest BCUT2D eigenvalue weighted by Gasteiger charge is -2.13. The standard InChI is InChI=1S/C14H16Br2ClN3/c1-3-12-14(16)13(20(2)19-12)7-11(18)8-4-5-9(15)10(17)6-8/h4-6,11H,3,7,18H2,1-2H3. The van der Waals surface area contributed by atoms with Crippen molar-refractivity contribution in [2.24, 2.45) is 12.8 Å². The molecule has 108 valence electrons. The van der Waals surface area contributed by atoms with Crippen LogP contribution in [-0.4, -0.2) is 9.78 Å². The van der Waals surface area contributed by atoms with E-state index in [4.69, 9.17) is 17.3 Å². The highest BCUT2D eigenvalue weighted by atomic mass is 79.9. The van der Waals surface area contributed by atoms with Crippen molar-refractivity contribution in [2.45, 2.75) is 25.8 Å². The van der Waals surface area contributed by atoms with Crippen LogP contribution in [0.5, 0.6) is 0 Å². The average molecular weight is 422 g/mol. The average Bonchev–Trinajstić information content (AvgIpc) is 2.69. The molecule has 1 heterocycles. The number of aryl methyl sites for hydroxylation is 2. The Kier molecular flexibility index (Phi) is 5.29. The smallest absolute Gasteiger partial charge is 0.0766 e. The molecule has 0 aliphatic rings.